The molecule has 2 atom stereocenters. The Hall–Kier alpha value is -2.13. The Morgan fingerprint density at radius 1 is 1.05 bits per heavy atom. The Morgan fingerprint density at radius 3 is 2.25 bits per heavy atom. The number of nitrogens with one attached hydrogen (secondary N) is 1. The molecule has 3 N–H and O–H groups in total. The van der Waals surface area contributed by atoms with Crippen LogP contribution in [0.2, 0.25) is 0 Å². The molecular weight excluding hydrogens is 248 g/mol. The molecule has 0 spiro atoms. The van der Waals surface area contributed by atoms with Gasteiger partial charge in [-0.25, -0.2) is 0 Å². The molecule has 3 nitrogen and oxygen atoms in total. The normalized spacial score (nSPS) is 13.7. The molecule has 0 aliphatic heterocycles. The largest absolute Gasteiger partial charge is 0.368 e. The Kier molecular flexibility index (Phi) is 4.53. The van der Waals surface area contributed by atoms with Gasteiger partial charge in [-0.3, -0.25) is 10.1 Å². The summed E-state index contributed by atoms with van der Waals surface area (Å²) in [5, 5.41) is 3.32. The molecule has 3 heteroatoms. The van der Waals surface area contributed by atoms with Gasteiger partial charge in [0.15, 0.2) is 0 Å². The minimum Gasteiger partial charge on any atom is -0.368 e. The molecule has 0 radical (unpaired) electrons. The SMILES string of the molecule is Cc1ccccc1C(NC(C)C(N)=O)c1ccccc1. The number of benzene rings is 2. The highest BCUT2D eigenvalue weighted by molar-refractivity contribution is 5.79. The highest BCUT2D eigenvalue weighted by Gasteiger charge is 2.20. The van der Waals surface area contributed by atoms with E-state index in [2.05, 4.69) is 36.5 Å². The lowest BCUT2D eigenvalue weighted by Gasteiger charge is -2.24. The van der Waals surface area contributed by atoms with Crippen LogP contribution in [0.25, 0.3) is 0 Å². The molecule has 0 saturated heterocycles. The fourth-order valence-corrected chi connectivity index (χ4v) is 2.25. The average Bonchev–Trinajstić information content (AvgIpc) is 2.46. The Bertz CT molecular complexity index is 581. The molecule has 20 heavy (non-hydrogen) atoms. The number of nitrogens with two attached hydrogens (primary N) is 1. The van der Waals surface area contributed by atoms with Gasteiger partial charge in [-0.2, -0.15) is 0 Å². The molecule has 2 rings (SSSR count). The second kappa shape index (κ2) is 6.35. The third-order valence-corrected chi connectivity index (χ3v) is 3.48. The van der Waals surface area contributed by atoms with E-state index in [0.717, 1.165) is 11.1 Å². The van der Waals surface area contributed by atoms with Crippen molar-refractivity contribution in [2.45, 2.75) is 25.9 Å². The van der Waals surface area contributed by atoms with Crippen LogP contribution in [-0.4, -0.2) is 11.9 Å². The summed E-state index contributed by atoms with van der Waals surface area (Å²) in [5.41, 5.74) is 8.84. The summed E-state index contributed by atoms with van der Waals surface area (Å²) >= 11 is 0. The van der Waals surface area contributed by atoms with E-state index < -0.39 is 0 Å². The van der Waals surface area contributed by atoms with E-state index in [1.165, 1.54) is 5.56 Å². The first-order chi connectivity index (χ1) is 9.59. The summed E-state index contributed by atoms with van der Waals surface area (Å²) < 4.78 is 0. The topological polar surface area (TPSA) is 55.1 Å². The van der Waals surface area contributed by atoms with Gasteiger partial charge in [0.25, 0.3) is 0 Å². The van der Waals surface area contributed by atoms with Crippen LogP contribution in [0.1, 0.15) is 29.7 Å². The molecule has 0 saturated carbocycles. The average molecular weight is 268 g/mol. The maximum absolute atomic E-state index is 11.3. The third-order valence-electron chi connectivity index (χ3n) is 3.48. The molecule has 0 aromatic heterocycles. The highest BCUT2D eigenvalue weighted by atomic mass is 16.1. The minimum atomic E-state index is -0.389. The molecule has 0 aliphatic carbocycles. The predicted octanol–water partition coefficient (Wildman–Crippen LogP) is 2.55. The van der Waals surface area contributed by atoms with E-state index in [9.17, 15) is 4.79 Å². The number of rotatable bonds is 5. The number of amides is 1. The van der Waals surface area contributed by atoms with Crippen LogP contribution in [0, 0.1) is 6.92 Å². The van der Waals surface area contributed by atoms with E-state index in [0.29, 0.717) is 0 Å². The first-order valence-electron chi connectivity index (χ1n) is 6.75. The predicted molar refractivity (Wildman–Crippen MR) is 81.3 cm³/mol. The van der Waals surface area contributed by atoms with Crippen molar-refractivity contribution in [3.05, 3.63) is 71.3 Å². The molecule has 2 aromatic rings. The highest BCUT2D eigenvalue weighted by Crippen LogP contribution is 2.25. The van der Waals surface area contributed by atoms with Gasteiger partial charge in [0.1, 0.15) is 0 Å². The van der Waals surface area contributed by atoms with Gasteiger partial charge in [0.2, 0.25) is 5.91 Å². The molecule has 1 amide bonds. The van der Waals surface area contributed by atoms with Crippen LogP contribution in [0.4, 0.5) is 0 Å². The third kappa shape index (κ3) is 3.25. The number of carbonyl (C=O) groups excluding carboxylic acids is 1. The van der Waals surface area contributed by atoms with E-state index in [1.54, 1.807) is 6.92 Å². The van der Waals surface area contributed by atoms with Crippen LogP contribution in [-0.2, 0) is 4.79 Å². The van der Waals surface area contributed by atoms with Gasteiger partial charge in [-0.05, 0) is 30.5 Å². The summed E-state index contributed by atoms with van der Waals surface area (Å²) in [6.45, 7) is 3.86. The van der Waals surface area contributed by atoms with Gasteiger partial charge < -0.3 is 5.73 Å². The quantitative estimate of drug-likeness (QED) is 0.875. The zero-order valence-corrected chi connectivity index (χ0v) is 11.8. The second-order valence-electron chi connectivity index (χ2n) is 4.99. The van der Waals surface area contributed by atoms with Crippen molar-refractivity contribution in [2.24, 2.45) is 5.73 Å². The number of hydrogen-bond acceptors (Lipinski definition) is 2. The van der Waals surface area contributed by atoms with Crippen molar-refractivity contribution in [1.82, 2.24) is 5.32 Å². The zero-order valence-electron chi connectivity index (χ0n) is 11.8. The maximum atomic E-state index is 11.3. The van der Waals surface area contributed by atoms with Crippen LogP contribution >= 0.6 is 0 Å². The molecule has 0 fully saturated rings. The lowest BCUT2D eigenvalue weighted by Crippen LogP contribution is -2.41. The molecule has 104 valence electrons. The van der Waals surface area contributed by atoms with Crippen LogP contribution in [0.5, 0.6) is 0 Å². The minimum absolute atomic E-state index is 0.0418. The van der Waals surface area contributed by atoms with Gasteiger partial charge in [-0.1, -0.05) is 54.6 Å². The summed E-state index contributed by atoms with van der Waals surface area (Å²) in [5.74, 6) is -0.348. The number of aryl methyl sites for hydroxylation is 1. The molecule has 2 unspecified atom stereocenters. The second-order valence-corrected chi connectivity index (χ2v) is 4.99. The first-order valence-corrected chi connectivity index (χ1v) is 6.75. The molecule has 0 aliphatic rings. The first kappa shape index (κ1) is 14.3. The number of carbonyl (C=O) groups is 1. The van der Waals surface area contributed by atoms with Crippen molar-refractivity contribution in [3.63, 3.8) is 0 Å². The van der Waals surface area contributed by atoms with Gasteiger partial charge >= 0.3 is 0 Å². The van der Waals surface area contributed by atoms with E-state index in [1.807, 2.05) is 30.3 Å². The standard InChI is InChI=1S/C17H20N2O/c1-12-8-6-7-11-15(12)16(19-13(2)17(18)20)14-9-4-3-5-10-14/h3-11,13,16,19H,1-2H3,(H2,18,20). The lowest BCUT2D eigenvalue weighted by atomic mass is 9.94. The Morgan fingerprint density at radius 2 is 1.65 bits per heavy atom. The molecule has 0 heterocycles. The van der Waals surface area contributed by atoms with Crippen molar-refractivity contribution >= 4 is 5.91 Å². The lowest BCUT2D eigenvalue weighted by molar-refractivity contribution is -0.119. The van der Waals surface area contributed by atoms with E-state index in [-0.39, 0.29) is 18.0 Å². The van der Waals surface area contributed by atoms with Gasteiger partial charge in [-0.15, -0.1) is 0 Å². The monoisotopic (exact) mass is 268 g/mol. The van der Waals surface area contributed by atoms with E-state index in [4.69, 9.17) is 5.73 Å². The van der Waals surface area contributed by atoms with Crippen LogP contribution < -0.4 is 11.1 Å². The van der Waals surface area contributed by atoms with Crippen molar-refractivity contribution in [3.8, 4) is 0 Å². The summed E-state index contributed by atoms with van der Waals surface area (Å²) in [6, 6.07) is 17.8. The van der Waals surface area contributed by atoms with Crippen molar-refractivity contribution in [2.75, 3.05) is 0 Å². The molecular formula is C17H20N2O. The van der Waals surface area contributed by atoms with Gasteiger partial charge in [0, 0.05) is 0 Å². The summed E-state index contributed by atoms with van der Waals surface area (Å²) in [6.07, 6.45) is 0. The zero-order chi connectivity index (χ0) is 14.5. The molecule has 0 bridgehead atoms. The Labute approximate surface area is 119 Å². The molecule has 2 aromatic carbocycles. The van der Waals surface area contributed by atoms with Crippen LogP contribution in [0.15, 0.2) is 54.6 Å². The Balaban J connectivity index is 2.40. The number of primary amides is 1. The smallest absolute Gasteiger partial charge is 0.234 e. The van der Waals surface area contributed by atoms with Crippen molar-refractivity contribution < 1.29 is 4.79 Å². The number of hydrogen-bond donors (Lipinski definition) is 2. The fraction of sp³-hybridized carbons (Fsp3) is 0.235. The van der Waals surface area contributed by atoms with Crippen molar-refractivity contribution in [1.29, 1.82) is 0 Å². The summed E-state index contributed by atoms with van der Waals surface area (Å²) in [7, 11) is 0. The van der Waals surface area contributed by atoms with E-state index >= 15 is 0 Å². The maximum Gasteiger partial charge on any atom is 0.234 e. The fourth-order valence-electron chi connectivity index (χ4n) is 2.25. The summed E-state index contributed by atoms with van der Waals surface area (Å²) in [4.78, 5) is 11.3. The van der Waals surface area contributed by atoms with Crippen LogP contribution in [0.3, 0.4) is 0 Å². The van der Waals surface area contributed by atoms with Gasteiger partial charge in [0.05, 0.1) is 12.1 Å².